The van der Waals surface area contributed by atoms with Gasteiger partial charge in [-0.15, -0.1) is 0 Å². The minimum atomic E-state index is -0.477. The summed E-state index contributed by atoms with van der Waals surface area (Å²) in [7, 11) is 1.57. The molecule has 1 unspecified atom stereocenters. The zero-order valence-electron chi connectivity index (χ0n) is 16.6. The largest absolute Gasteiger partial charge is 0.497 e. The van der Waals surface area contributed by atoms with E-state index in [-0.39, 0.29) is 17.5 Å². The summed E-state index contributed by atoms with van der Waals surface area (Å²) in [5, 5.41) is 3.88. The van der Waals surface area contributed by atoms with E-state index in [0.717, 1.165) is 0 Å². The number of fused-ring (bicyclic) bond motifs is 1. The highest BCUT2D eigenvalue weighted by molar-refractivity contribution is 8.00. The number of nitrogens with one attached hydrogen (secondary N) is 1. The molecule has 0 bridgehead atoms. The van der Waals surface area contributed by atoms with Crippen molar-refractivity contribution in [1.29, 1.82) is 0 Å². The second-order valence-corrected chi connectivity index (χ2v) is 8.55. The molecular formula is C21H22ClN3O3S. The molecule has 6 nitrogen and oxygen atoms in total. The van der Waals surface area contributed by atoms with Crippen LogP contribution in [-0.4, -0.2) is 27.8 Å². The number of carbonyl (C=O) groups excluding carboxylic acids is 1. The van der Waals surface area contributed by atoms with Gasteiger partial charge in [0, 0.05) is 22.8 Å². The van der Waals surface area contributed by atoms with Gasteiger partial charge in [0.2, 0.25) is 5.91 Å². The molecule has 1 aromatic heterocycles. The van der Waals surface area contributed by atoms with E-state index in [1.54, 1.807) is 61.1 Å². The number of methoxy groups -OCH3 is 1. The maximum Gasteiger partial charge on any atom is 0.262 e. The summed E-state index contributed by atoms with van der Waals surface area (Å²) in [6, 6.07) is 12.1. The van der Waals surface area contributed by atoms with E-state index >= 15 is 0 Å². The van der Waals surface area contributed by atoms with Crippen LogP contribution in [-0.2, 0) is 4.79 Å². The molecule has 0 fully saturated rings. The SMILES string of the molecule is COc1cccc(NC(=O)C(C)Sc2nc3cc(Cl)ccc3c(=O)n2C(C)C)c1. The first-order valence-electron chi connectivity index (χ1n) is 9.13. The molecule has 2 aromatic carbocycles. The van der Waals surface area contributed by atoms with Gasteiger partial charge in [-0.25, -0.2) is 4.98 Å². The summed E-state index contributed by atoms with van der Waals surface area (Å²) in [6.07, 6.45) is 0. The lowest BCUT2D eigenvalue weighted by molar-refractivity contribution is -0.115. The third kappa shape index (κ3) is 4.74. The number of rotatable bonds is 6. The molecule has 0 aliphatic rings. The number of hydrogen-bond acceptors (Lipinski definition) is 5. The minimum absolute atomic E-state index is 0.105. The van der Waals surface area contributed by atoms with Crippen molar-refractivity contribution < 1.29 is 9.53 Å². The Morgan fingerprint density at radius 2 is 1.97 bits per heavy atom. The van der Waals surface area contributed by atoms with E-state index in [1.165, 1.54) is 11.8 Å². The normalized spacial score (nSPS) is 12.2. The van der Waals surface area contributed by atoms with Gasteiger partial charge in [0.1, 0.15) is 5.75 Å². The molecule has 0 saturated carbocycles. The molecule has 1 atom stereocenters. The molecule has 8 heteroatoms. The van der Waals surface area contributed by atoms with Crippen LogP contribution in [0.2, 0.25) is 5.02 Å². The highest BCUT2D eigenvalue weighted by Crippen LogP contribution is 2.27. The van der Waals surface area contributed by atoms with Crippen LogP contribution in [0.3, 0.4) is 0 Å². The number of aromatic nitrogens is 2. The number of anilines is 1. The zero-order chi connectivity index (χ0) is 21.1. The van der Waals surface area contributed by atoms with E-state index in [4.69, 9.17) is 16.3 Å². The molecule has 0 spiro atoms. The molecule has 3 rings (SSSR count). The maximum absolute atomic E-state index is 13.0. The molecule has 0 radical (unpaired) electrons. The van der Waals surface area contributed by atoms with Crippen LogP contribution in [0, 0.1) is 0 Å². The van der Waals surface area contributed by atoms with Gasteiger partial charge in [0.05, 0.1) is 23.3 Å². The quantitative estimate of drug-likeness (QED) is 0.450. The lowest BCUT2D eigenvalue weighted by atomic mass is 10.2. The fourth-order valence-corrected chi connectivity index (χ4v) is 4.05. The Kier molecular flexibility index (Phi) is 6.49. The summed E-state index contributed by atoms with van der Waals surface area (Å²) in [4.78, 5) is 30.3. The third-order valence-electron chi connectivity index (χ3n) is 4.34. The van der Waals surface area contributed by atoms with E-state index < -0.39 is 5.25 Å². The van der Waals surface area contributed by atoms with Crippen LogP contribution in [0.4, 0.5) is 5.69 Å². The molecule has 1 N–H and O–H groups in total. The highest BCUT2D eigenvalue weighted by atomic mass is 35.5. The predicted molar refractivity (Wildman–Crippen MR) is 118 cm³/mol. The van der Waals surface area contributed by atoms with Gasteiger partial charge in [-0.05, 0) is 51.1 Å². The summed E-state index contributed by atoms with van der Waals surface area (Å²) >= 11 is 7.30. The number of amides is 1. The number of benzene rings is 2. The molecule has 1 amide bonds. The lowest BCUT2D eigenvalue weighted by Crippen LogP contribution is -2.28. The number of carbonyl (C=O) groups is 1. The van der Waals surface area contributed by atoms with E-state index in [2.05, 4.69) is 10.3 Å². The van der Waals surface area contributed by atoms with Gasteiger partial charge < -0.3 is 10.1 Å². The average molecular weight is 432 g/mol. The third-order valence-corrected chi connectivity index (χ3v) is 5.64. The van der Waals surface area contributed by atoms with Gasteiger partial charge in [-0.3, -0.25) is 14.2 Å². The second kappa shape index (κ2) is 8.88. The van der Waals surface area contributed by atoms with Gasteiger partial charge >= 0.3 is 0 Å². The summed E-state index contributed by atoms with van der Waals surface area (Å²) in [6.45, 7) is 5.60. The average Bonchev–Trinajstić information content (AvgIpc) is 2.67. The summed E-state index contributed by atoms with van der Waals surface area (Å²) < 4.78 is 6.79. The number of thioether (sulfide) groups is 1. The molecule has 0 aliphatic carbocycles. The summed E-state index contributed by atoms with van der Waals surface area (Å²) in [5.41, 5.74) is 1.01. The van der Waals surface area contributed by atoms with Crippen molar-refractivity contribution in [2.45, 2.75) is 37.2 Å². The molecular weight excluding hydrogens is 410 g/mol. The number of ether oxygens (including phenoxy) is 1. The van der Waals surface area contributed by atoms with E-state index in [1.807, 2.05) is 13.8 Å². The number of halogens is 1. The van der Waals surface area contributed by atoms with Crippen molar-refractivity contribution in [3.63, 3.8) is 0 Å². The van der Waals surface area contributed by atoms with Crippen molar-refractivity contribution in [3.8, 4) is 5.75 Å². The predicted octanol–water partition coefficient (Wildman–Crippen LogP) is 4.76. The Hall–Kier alpha value is -2.51. The number of nitrogens with zero attached hydrogens (tertiary/aromatic N) is 2. The van der Waals surface area contributed by atoms with Crippen molar-refractivity contribution in [2.75, 3.05) is 12.4 Å². The standard InChI is InChI=1S/C21H22ClN3O3S/c1-12(2)25-20(27)17-9-8-14(22)10-18(17)24-21(25)29-13(3)19(26)23-15-6-5-7-16(11-15)28-4/h5-13H,1-4H3,(H,23,26). The van der Waals surface area contributed by atoms with Gasteiger partial charge in [0.25, 0.3) is 5.56 Å². The summed E-state index contributed by atoms with van der Waals surface area (Å²) in [5.74, 6) is 0.462. The highest BCUT2D eigenvalue weighted by Gasteiger charge is 2.21. The molecule has 0 aliphatic heterocycles. The fraction of sp³-hybridized carbons (Fsp3) is 0.286. The van der Waals surface area contributed by atoms with Crippen molar-refractivity contribution in [2.24, 2.45) is 0 Å². The van der Waals surface area contributed by atoms with Crippen LogP contribution in [0.25, 0.3) is 10.9 Å². The second-order valence-electron chi connectivity index (χ2n) is 6.81. The van der Waals surface area contributed by atoms with Crippen LogP contribution in [0.5, 0.6) is 5.75 Å². The van der Waals surface area contributed by atoms with Gasteiger partial charge in [-0.1, -0.05) is 29.4 Å². The minimum Gasteiger partial charge on any atom is -0.497 e. The maximum atomic E-state index is 13.0. The van der Waals surface area contributed by atoms with E-state index in [9.17, 15) is 9.59 Å². The smallest absolute Gasteiger partial charge is 0.262 e. The van der Waals surface area contributed by atoms with Crippen molar-refractivity contribution in [3.05, 3.63) is 57.8 Å². The molecule has 3 aromatic rings. The fourth-order valence-electron chi connectivity index (χ4n) is 2.85. The Labute approximate surface area is 178 Å². The Morgan fingerprint density at radius 3 is 2.66 bits per heavy atom. The van der Waals surface area contributed by atoms with Crippen LogP contribution in [0.15, 0.2) is 52.4 Å². The van der Waals surface area contributed by atoms with Gasteiger partial charge in [-0.2, -0.15) is 0 Å². The number of hydrogen-bond donors (Lipinski definition) is 1. The molecule has 1 heterocycles. The van der Waals surface area contributed by atoms with Crippen LogP contribution >= 0.6 is 23.4 Å². The first-order chi connectivity index (χ1) is 13.8. The lowest BCUT2D eigenvalue weighted by Gasteiger charge is -2.18. The topological polar surface area (TPSA) is 73.2 Å². The molecule has 152 valence electrons. The zero-order valence-corrected chi connectivity index (χ0v) is 18.2. The Balaban J connectivity index is 1.90. The van der Waals surface area contributed by atoms with Crippen molar-refractivity contribution >= 4 is 45.9 Å². The monoisotopic (exact) mass is 431 g/mol. The van der Waals surface area contributed by atoms with Crippen LogP contribution < -0.4 is 15.6 Å². The first kappa shape index (κ1) is 21.2. The Morgan fingerprint density at radius 1 is 1.21 bits per heavy atom. The molecule has 29 heavy (non-hydrogen) atoms. The van der Waals surface area contributed by atoms with Gasteiger partial charge in [0.15, 0.2) is 5.16 Å². The first-order valence-corrected chi connectivity index (χ1v) is 10.4. The van der Waals surface area contributed by atoms with Crippen molar-refractivity contribution in [1.82, 2.24) is 9.55 Å². The van der Waals surface area contributed by atoms with E-state index in [0.29, 0.717) is 32.5 Å². The van der Waals surface area contributed by atoms with Crippen LogP contribution in [0.1, 0.15) is 26.8 Å². The Bertz CT molecular complexity index is 1110. The molecule has 0 saturated heterocycles.